The fourth-order valence-corrected chi connectivity index (χ4v) is 3.43. The minimum Gasteiger partial charge on any atom is -0.341 e. The van der Waals surface area contributed by atoms with Gasteiger partial charge in [-0.2, -0.15) is 20.1 Å². The third-order valence-electron chi connectivity index (χ3n) is 5.07. The van der Waals surface area contributed by atoms with E-state index in [1.807, 2.05) is 0 Å². The Morgan fingerprint density at radius 2 is 1.73 bits per heavy atom. The van der Waals surface area contributed by atoms with Crippen molar-refractivity contribution in [1.29, 1.82) is 0 Å². The molecule has 0 aliphatic carbocycles. The van der Waals surface area contributed by atoms with Crippen molar-refractivity contribution in [2.75, 3.05) is 28.7 Å². The molecule has 2 aromatic carbocycles. The number of nitrogens with zero attached hydrogens (tertiary/aromatic N) is 6. The largest absolute Gasteiger partial charge is 0.341 e. The van der Waals surface area contributed by atoms with Crippen LogP contribution in [-0.2, 0) is 0 Å². The average molecular weight is 450 g/mol. The van der Waals surface area contributed by atoms with E-state index >= 15 is 0 Å². The highest BCUT2D eigenvalue weighted by atomic mass is 19.1. The van der Waals surface area contributed by atoms with Gasteiger partial charge in [-0.15, -0.1) is 0 Å². The summed E-state index contributed by atoms with van der Waals surface area (Å²) in [6.07, 6.45) is 5.91. The maximum Gasteiger partial charge on any atom is 0.269 e. The van der Waals surface area contributed by atoms with Crippen LogP contribution in [0.25, 0.3) is 0 Å². The molecule has 4 rings (SSSR count). The number of hydrogen-bond acceptors (Lipinski definition) is 9. The number of hydrogen-bond donors (Lipinski definition) is 2. The van der Waals surface area contributed by atoms with Gasteiger partial charge in [-0.1, -0.05) is 25.0 Å². The molecule has 1 aliphatic heterocycles. The van der Waals surface area contributed by atoms with E-state index in [-0.39, 0.29) is 23.4 Å². The lowest BCUT2D eigenvalue weighted by Gasteiger charge is -2.21. The Labute approximate surface area is 189 Å². The van der Waals surface area contributed by atoms with Crippen LogP contribution in [0.5, 0.6) is 0 Å². The minimum absolute atomic E-state index is 0.00417. The molecular weight excluding hydrogens is 427 g/mol. The Bertz CT molecular complexity index is 1130. The summed E-state index contributed by atoms with van der Waals surface area (Å²) in [4.78, 5) is 26.0. The zero-order chi connectivity index (χ0) is 23.0. The fraction of sp³-hybridized carbons (Fsp3) is 0.273. The molecule has 3 aromatic rings. The first kappa shape index (κ1) is 22.1. The van der Waals surface area contributed by atoms with Gasteiger partial charge in [-0.25, -0.2) is 9.82 Å². The van der Waals surface area contributed by atoms with E-state index in [9.17, 15) is 14.5 Å². The van der Waals surface area contributed by atoms with Crippen molar-refractivity contribution in [1.82, 2.24) is 15.0 Å². The minimum atomic E-state index is -0.456. The first-order chi connectivity index (χ1) is 16.1. The summed E-state index contributed by atoms with van der Waals surface area (Å²) < 4.78 is 13.4. The third kappa shape index (κ3) is 6.19. The lowest BCUT2D eigenvalue weighted by atomic mass is 10.2. The molecule has 1 aliphatic rings. The highest BCUT2D eigenvalue weighted by molar-refractivity contribution is 5.79. The summed E-state index contributed by atoms with van der Waals surface area (Å²) in [5.41, 5.74) is 3.97. The number of nitrogens with one attached hydrogen (secondary N) is 2. The van der Waals surface area contributed by atoms with Gasteiger partial charge < -0.3 is 10.2 Å². The predicted molar refractivity (Wildman–Crippen MR) is 125 cm³/mol. The number of halogens is 1. The van der Waals surface area contributed by atoms with Crippen LogP contribution in [0.2, 0.25) is 0 Å². The monoisotopic (exact) mass is 450 g/mol. The van der Waals surface area contributed by atoms with Gasteiger partial charge in [0.1, 0.15) is 5.82 Å². The van der Waals surface area contributed by atoms with Crippen molar-refractivity contribution in [2.24, 2.45) is 5.10 Å². The van der Waals surface area contributed by atoms with Crippen LogP contribution < -0.4 is 15.6 Å². The molecule has 170 valence electrons. The maximum absolute atomic E-state index is 13.4. The molecule has 11 heteroatoms. The molecule has 0 radical (unpaired) electrons. The Hall–Kier alpha value is -4.15. The average Bonchev–Trinajstić information content (AvgIpc) is 3.09. The zero-order valence-corrected chi connectivity index (χ0v) is 17.8. The second-order valence-electron chi connectivity index (χ2n) is 7.54. The Kier molecular flexibility index (Phi) is 6.98. The van der Waals surface area contributed by atoms with E-state index in [1.165, 1.54) is 43.3 Å². The lowest BCUT2D eigenvalue weighted by Crippen LogP contribution is -2.26. The molecule has 0 saturated carbocycles. The Morgan fingerprint density at radius 1 is 1.00 bits per heavy atom. The predicted octanol–water partition coefficient (Wildman–Crippen LogP) is 4.49. The zero-order valence-electron chi connectivity index (χ0n) is 17.8. The summed E-state index contributed by atoms with van der Waals surface area (Å²) in [5, 5.41) is 18.1. The number of nitro groups is 1. The number of non-ortho nitro benzene ring substituents is 1. The number of aromatic nitrogens is 3. The van der Waals surface area contributed by atoms with Gasteiger partial charge in [0.25, 0.3) is 5.69 Å². The number of rotatable bonds is 7. The second-order valence-corrected chi connectivity index (χ2v) is 7.54. The van der Waals surface area contributed by atoms with Gasteiger partial charge in [-0.05, 0) is 42.7 Å². The highest BCUT2D eigenvalue weighted by Crippen LogP contribution is 2.22. The summed E-state index contributed by atoms with van der Waals surface area (Å²) in [6, 6.07) is 12.0. The number of anilines is 4. The van der Waals surface area contributed by atoms with E-state index in [4.69, 9.17) is 0 Å². The summed E-state index contributed by atoms with van der Waals surface area (Å²) in [7, 11) is 0. The second kappa shape index (κ2) is 10.4. The van der Waals surface area contributed by atoms with Crippen molar-refractivity contribution >= 4 is 35.4 Å². The molecule has 1 saturated heterocycles. The topological polar surface area (TPSA) is 121 Å². The van der Waals surface area contributed by atoms with E-state index < -0.39 is 4.92 Å². The van der Waals surface area contributed by atoms with Gasteiger partial charge in [-0.3, -0.25) is 10.1 Å². The first-order valence-corrected chi connectivity index (χ1v) is 10.6. The Balaban J connectivity index is 1.57. The van der Waals surface area contributed by atoms with Crippen LogP contribution >= 0.6 is 0 Å². The number of benzene rings is 2. The van der Waals surface area contributed by atoms with Gasteiger partial charge in [0, 0.05) is 30.9 Å². The van der Waals surface area contributed by atoms with Crippen molar-refractivity contribution in [3.63, 3.8) is 0 Å². The van der Waals surface area contributed by atoms with Crippen LogP contribution in [-0.4, -0.2) is 39.2 Å². The third-order valence-corrected chi connectivity index (χ3v) is 5.07. The molecule has 0 bridgehead atoms. The molecule has 33 heavy (non-hydrogen) atoms. The van der Waals surface area contributed by atoms with E-state index in [2.05, 4.69) is 35.7 Å². The number of hydrazone groups is 1. The fourth-order valence-electron chi connectivity index (χ4n) is 3.43. The molecular formula is C22H23FN8O2. The van der Waals surface area contributed by atoms with Crippen molar-refractivity contribution in [3.8, 4) is 0 Å². The van der Waals surface area contributed by atoms with Gasteiger partial charge >= 0.3 is 0 Å². The Morgan fingerprint density at radius 3 is 2.42 bits per heavy atom. The van der Waals surface area contributed by atoms with Crippen molar-refractivity contribution < 1.29 is 9.31 Å². The number of nitro benzene ring substituents is 1. The molecule has 0 spiro atoms. The maximum atomic E-state index is 13.4. The van der Waals surface area contributed by atoms with Crippen LogP contribution in [0.15, 0.2) is 53.6 Å². The molecule has 0 atom stereocenters. The van der Waals surface area contributed by atoms with Crippen LogP contribution in [0.4, 0.5) is 33.6 Å². The van der Waals surface area contributed by atoms with Gasteiger partial charge in [0.05, 0.1) is 11.1 Å². The van der Waals surface area contributed by atoms with Crippen molar-refractivity contribution in [2.45, 2.75) is 25.7 Å². The molecule has 0 unspecified atom stereocenters. The smallest absolute Gasteiger partial charge is 0.269 e. The highest BCUT2D eigenvalue weighted by Gasteiger charge is 2.16. The summed E-state index contributed by atoms with van der Waals surface area (Å²) >= 11 is 0. The van der Waals surface area contributed by atoms with Crippen LogP contribution in [0.1, 0.15) is 31.2 Å². The van der Waals surface area contributed by atoms with Gasteiger partial charge in [0.15, 0.2) is 0 Å². The molecule has 1 aromatic heterocycles. The van der Waals surface area contributed by atoms with Gasteiger partial charge in [0.2, 0.25) is 17.8 Å². The van der Waals surface area contributed by atoms with E-state index in [1.54, 1.807) is 24.3 Å². The SMILES string of the molecule is O=[N+]([O-])c1ccc(Nc2nc(N/N=C/c3cccc(F)c3)nc(N3CCCCCC3)n2)cc1. The molecule has 10 nitrogen and oxygen atoms in total. The van der Waals surface area contributed by atoms with Crippen LogP contribution in [0, 0.1) is 15.9 Å². The molecule has 0 amide bonds. The first-order valence-electron chi connectivity index (χ1n) is 10.6. The normalized spacial score (nSPS) is 14.2. The standard InChI is InChI=1S/C22H23FN8O2/c23-17-7-5-6-16(14-17)15-24-29-21-26-20(25-18-8-10-19(11-9-18)31(32)33)27-22(28-21)30-12-3-1-2-4-13-30/h5-11,14-15H,1-4,12-13H2,(H2,25,26,27,28,29)/b24-15+. The van der Waals surface area contributed by atoms with E-state index in [0.29, 0.717) is 17.2 Å². The molecule has 2 heterocycles. The van der Waals surface area contributed by atoms with Crippen molar-refractivity contribution in [3.05, 3.63) is 70.0 Å². The van der Waals surface area contributed by atoms with Crippen LogP contribution in [0.3, 0.4) is 0 Å². The summed E-state index contributed by atoms with van der Waals surface area (Å²) in [5.74, 6) is 0.666. The summed E-state index contributed by atoms with van der Waals surface area (Å²) in [6.45, 7) is 1.68. The van der Waals surface area contributed by atoms with E-state index in [0.717, 1.165) is 25.9 Å². The quantitative estimate of drug-likeness (QED) is 0.307. The molecule has 1 fully saturated rings. The lowest BCUT2D eigenvalue weighted by molar-refractivity contribution is -0.384. The molecule has 2 N–H and O–H groups in total.